The molecule has 0 saturated heterocycles. The van der Waals surface area contributed by atoms with Crippen LogP contribution in [-0.4, -0.2) is 6.54 Å². The molecule has 1 unspecified atom stereocenters. The molecule has 1 N–H and O–H groups in total. The van der Waals surface area contributed by atoms with Gasteiger partial charge in [-0.25, -0.2) is 4.39 Å². The van der Waals surface area contributed by atoms with Crippen LogP contribution in [0.4, 0.5) is 4.39 Å². The fourth-order valence-electron chi connectivity index (χ4n) is 2.85. The number of hydrogen-bond donors (Lipinski definition) is 1. The molecular weight excluding hydrogens is 265 g/mol. The van der Waals surface area contributed by atoms with Gasteiger partial charge in [0, 0.05) is 10.9 Å². The van der Waals surface area contributed by atoms with Gasteiger partial charge in [-0.1, -0.05) is 33.6 Å². The van der Waals surface area contributed by atoms with Gasteiger partial charge < -0.3 is 9.73 Å². The van der Waals surface area contributed by atoms with E-state index >= 15 is 0 Å². The van der Waals surface area contributed by atoms with E-state index in [2.05, 4.69) is 26.1 Å². The zero-order valence-corrected chi connectivity index (χ0v) is 13.5. The van der Waals surface area contributed by atoms with E-state index in [0.29, 0.717) is 0 Å². The van der Waals surface area contributed by atoms with Crippen LogP contribution in [0.2, 0.25) is 0 Å². The second-order valence-electron chi connectivity index (χ2n) is 6.17. The third kappa shape index (κ3) is 3.85. The van der Waals surface area contributed by atoms with Crippen molar-refractivity contribution in [2.45, 2.75) is 53.0 Å². The molecule has 0 aliphatic heterocycles. The number of aryl methyl sites for hydroxylation is 1. The molecule has 1 aromatic heterocycles. The van der Waals surface area contributed by atoms with Crippen LogP contribution in [0.15, 0.2) is 22.6 Å². The third-order valence-electron chi connectivity index (χ3n) is 3.98. The lowest BCUT2D eigenvalue weighted by Crippen LogP contribution is -2.21. The maximum absolute atomic E-state index is 13.4. The van der Waals surface area contributed by atoms with Gasteiger partial charge in [0.25, 0.3) is 0 Å². The van der Waals surface area contributed by atoms with E-state index < -0.39 is 0 Å². The van der Waals surface area contributed by atoms with E-state index in [1.807, 2.05) is 6.92 Å². The highest BCUT2D eigenvalue weighted by Crippen LogP contribution is 2.32. The van der Waals surface area contributed by atoms with Crippen molar-refractivity contribution in [1.82, 2.24) is 5.32 Å². The lowest BCUT2D eigenvalue weighted by Gasteiger charge is -2.17. The number of hydrogen-bond acceptors (Lipinski definition) is 2. The zero-order valence-electron chi connectivity index (χ0n) is 13.5. The van der Waals surface area contributed by atoms with E-state index in [1.54, 1.807) is 12.1 Å². The summed E-state index contributed by atoms with van der Waals surface area (Å²) in [7, 11) is 0. The van der Waals surface area contributed by atoms with Gasteiger partial charge in [-0.3, -0.25) is 0 Å². The summed E-state index contributed by atoms with van der Waals surface area (Å²) in [6.45, 7) is 9.52. The van der Waals surface area contributed by atoms with Crippen LogP contribution in [0.3, 0.4) is 0 Å². The van der Waals surface area contributed by atoms with E-state index in [4.69, 9.17) is 4.42 Å². The molecule has 0 amide bonds. The molecule has 0 spiro atoms. The van der Waals surface area contributed by atoms with Crippen molar-refractivity contribution in [3.8, 4) is 0 Å². The minimum Gasteiger partial charge on any atom is -0.459 e. The molecule has 1 heterocycles. The second kappa shape index (κ2) is 7.08. The average molecular weight is 291 g/mol. The third-order valence-corrected chi connectivity index (χ3v) is 3.98. The summed E-state index contributed by atoms with van der Waals surface area (Å²) in [6, 6.07) is 4.95. The first-order chi connectivity index (χ1) is 10.0. The van der Waals surface area contributed by atoms with Gasteiger partial charge in [0.05, 0.1) is 6.04 Å². The van der Waals surface area contributed by atoms with Crippen LogP contribution in [0, 0.1) is 18.7 Å². The Hall–Kier alpha value is -1.35. The smallest absolute Gasteiger partial charge is 0.134 e. The molecule has 21 heavy (non-hydrogen) atoms. The molecule has 0 radical (unpaired) electrons. The Bertz CT molecular complexity index is 588. The number of fused-ring (bicyclic) bond motifs is 1. The first kappa shape index (κ1) is 16.0. The summed E-state index contributed by atoms with van der Waals surface area (Å²) in [5, 5.41) is 4.39. The predicted octanol–water partition coefficient (Wildman–Crippen LogP) is 5.36. The molecule has 116 valence electrons. The van der Waals surface area contributed by atoms with Gasteiger partial charge >= 0.3 is 0 Å². The highest BCUT2D eigenvalue weighted by molar-refractivity contribution is 5.82. The predicted molar refractivity (Wildman–Crippen MR) is 86.0 cm³/mol. The van der Waals surface area contributed by atoms with E-state index in [9.17, 15) is 4.39 Å². The van der Waals surface area contributed by atoms with Crippen LogP contribution < -0.4 is 5.32 Å². The maximum atomic E-state index is 13.4. The number of rotatable bonds is 7. The highest BCUT2D eigenvalue weighted by atomic mass is 19.1. The zero-order chi connectivity index (χ0) is 15.4. The Labute approximate surface area is 126 Å². The molecule has 0 aliphatic carbocycles. The van der Waals surface area contributed by atoms with Crippen molar-refractivity contribution in [1.29, 1.82) is 0 Å². The molecular formula is C18H26FNO. The van der Waals surface area contributed by atoms with Crippen LogP contribution in [0.5, 0.6) is 0 Å². The molecule has 1 aromatic carbocycles. The molecule has 3 heteroatoms. The summed E-state index contributed by atoms with van der Waals surface area (Å²) in [5.74, 6) is 1.47. The molecule has 2 nitrogen and oxygen atoms in total. The molecule has 0 saturated carbocycles. The second-order valence-corrected chi connectivity index (χ2v) is 6.17. The van der Waals surface area contributed by atoms with Crippen molar-refractivity contribution in [2.75, 3.05) is 6.54 Å². The van der Waals surface area contributed by atoms with Gasteiger partial charge in [0.15, 0.2) is 0 Å². The van der Waals surface area contributed by atoms with E-state index in [-0.39, 0.29) is 11.9 Å². The Balaban J connectivity index is 2.24. The summed E-state index contributed by atoms with van der Waals surface area (Å²) >= 11 is 0. The Morgan fingerprint density at radius 3 is 2.67 bits per heavy atom. The standard InChI is InChI=1S/C18H26FNO/c1-5-20-16(8-6-7-12(2)3)18-13(4)15-11-14(19)9-10-17(15)21-18/h9-12,16,20H,5-8H2,1-4H3. The van der Waals surface area contributed by atoms with Gasteiger partial charge in [0.1, 0.15) is 17.2 Å². The lowest BCUT2D eigenvalue weighted by atomic mass is 9.99. The van der Waals surface area contributed by atoms with Gasteiger partial charge in [0.2, 0.25) is 0 Å². The minimum absolute atomic E-state index is 0.210. The number of halogens is 1. The monoisotopic (exact) mass is 291 g/mol. The first-order valence-corrected chi connectivity index (χ1v) is 7.94. The Morgan fingerprint density at radius 2 is 2.00 bits per heavy atom. The Kier molecular flexibility index (Phi) is 5.40. The van der Waals surface area contributed by atoms with Crippen LogP contribution >= 0.6 is 0 Å². The molecule has 2 aromatic rings. The number of benzene rings is 1. The van der Waals surface area contributed by atoms with Crippen molar-refractivity contribution in [3.05, 3.63) is 35.3 Å². The first-order valence-electron chi connectivity index (χ1n) is 7.94. The van der Waals surface area contributed by atoms with Crippen molar-refractivity contribution in [3.63, 3.8) is 0 Å². The topological polar surface area (TPSA) is 25.2 Å². The maximum Gasteiger partial charge on any atom is 0.134 e. The number of furan rings is 1. The molecule has 0 aliphatic rings. The fraction of sp³-hybridized carbons (Fsp3) is 0.556. The minimum atomic E-state index is -0.210. The van der Waals surface area contributed by atoms with Crippen molar-refractivity contribution < 1.29 is 8.81 Å². The summed E-state index contributed by atoms with van der Waals surface area (Å²) in [5.41, 5.74) is 1.83. The molecule has 2 rings (SSSR count). The summed E-state index contributed by atoms with van der Waals surface area (Å²) in [4.78, 5) is 0. The summed E-state index contributed by atoms with van der Waals surface area (Å²) in [6.07, 6.45) is 3.44. The molecule has 1 atom stereocenters. The summed E-state index contributed by atoms with van der Waals surface area (Å²) < 4.78 is 19.4. The molecule has 0 bridgehead atoms. The van der Waals surface area contributed by atoms with E-state index in [0.717, 1.165) is 41.2 Å². The Morgan fingerprint density at radius 1 is 1.24 bits per heavy atom. The van der Waals surface area contributed by atoms with Crippen LogP contribution in [0.1, 0.15) is 57.4 Å². The van der Waals surface area contributed by atoms with E-state index in [1.165, 1.54) is 18.9 Å². The van der Waals surface area contributed by atoms with Gasteiger partial charge in [-0.15, -0.1) is 0 Å². The SMILES string of the molecule is CCNC(CCCC(C)C)c1oc2ccc(F)cc2c1C. The van der Waals surface area contributed by atoms with Crippen molar-refractivity contribution >= 4 is 11.0 Å². The largest absolute Gasteiger partial charge is 0.459 e. The molecule has 0 fully saturated rings. The number of nitrogens with one attached hydrogen (secondary N) is 1. The normalized spacial score (nSPS) is 13.2. The van der Waals surface area contributed by atoms with Gasteiger partial charge in [-0.2, -0.15) is 0 Å². The highest BCUT2D eigenvalue weighted by Gasteiger charge is 2.19. The quantitative estimate of drug-likeness (QED) is 0.743. The van der Waals surface area contributed by atoms with Crippen molar-refractivity contribution in [2.24, 2.45) is 5.92 Å². The fourth-order valence-corrected chi connectivity index (χ4v) is 2.85. The van der Waals surface area contributed by atoms with Gasteiger partial charge in [-0.05, 0) is 44.0 Å². The lowest BCUT2D eigenvalue weighted by molar-refractivity contribution is 0.391. The van der Waals surface area contributed by atoms with Crippen LogP contribution in [-0.2, 0) is 0 Å². The van der Waals surface area contributed by atoms with Crippen LogP contribution in [0.25, 0.3) is 11.0 Å². The average Bonchev–Trinajstić information content (AvgIpc) is 2.75.